The second-order valence-electron chi connectivity index (χ2n) is 5.26. The Labute approximate surface area is 110 Å². The molecule has 1 aliphatic heterocycles. The summed E-state index contributed by atoms with van der Waals surface area (Å²) >= 11 is 0. The molecule has 1 aliphatic rings. The van der Waals surface area contributed by atoms with E-state index in [9.17, 15) is 4.79 Å². The Morgan fingerprint density at radius 1 is 1.17 bits per heavy atom. The number of carbonyl (C=O) groups excluding carboxylic acids is 1. The summed E-state index contributed by atoms with van der Waals surface area (Å²) in [5.74, 6) is 0.299. The summed E-state index contributed by atoms with van der Waals surface area (Å²) in [7, 11) is 0. The van der Waals surface area contributed by atoms with E-state index >= 15 is 0 Å². The van der Waals surface area contributed by atoms with Gasteiger partial charge in [-0.1, -0.05) is 36.8 Å². The maximum absolute atomic E-state index is 11.2. The Kier molecular flexibility index (Phi) is 4.94. The first kappa shape index (κ1) is 13.3. The van der Waals surface area contributed by atoms with E-state index in [1.807, 2.05) is 0 Å². The highest BCUT2D eigenvalue weighted by Crippen LogP contribution is 2.28. The fourth-order valence-electron chi connectivity index (χ4n) is 2.81. The predicted octanol–water partition coefficient (Wildman–Crippen LogP) is 3.58. The molecular formula is C16H23NO. The van der Waals surface area contributed by atoms with Gasteiger partial charge < -0.3 is 4.79 Å². The monoisotopic (exact) mass is 245 g/mol. The summed E-state index contributed by atoms with van der Waals surface area (Å²) in [6, 6.07) is 11.1. The van der Waals surface area contributed by atoms with E-state index in [-0.39, 0.29) is 0 Å². The number of Topliss-reactive ketones (excluding diaryl/α,β-unsaturated/α-hetero) is 1. The third-order valence-electron chi connectivity index (χ3n) is 3.79. The molecule has 0 aliphatic carbocycles. The molecule has 1 aromatic rings. The third kappa shape index (κ3) is 3.67. The Morgan fingerprint density at radius 3 is 2.44 bits per heavy atom. The molecule has 1 atom stereocenters. The van der Waals surface area contributed by atoms with E-state index in [4.69, 9.17) is 0 Å². The van der Waals surface area contributed by atoms with Gasteiger partial charge in [-0.15, -0.1) is 0 Å². The highest BCUT2D eigenvalue weighted by molar-refractivity contribution is 5.75. The maximum atomic E-state index is 11.2. The lowest BCUT2D eigenvalue weighted by molar-refractivity contribution is -0.117. The van der Waals surface area contributed by atoms with Crippen LogP contribution >= 0.6 is 0 Å². The van der Waals surface area contributed by atoms with Gasteiger partial charge in [-0.25, -0.2) is 0 Å². The number of rotatable bonds is 5. The lowest BCUT2D eigenvalue weighted by atomic mass is 9.97. The highest BCUT2D eigenvalue weighted by atomic mass is 16.1. The van der Waals surface area contributed by atoms with Crippen molar-refractivity contribution in [3.63, 3.8) is 0 Å². The Morgan fingerprint density at radius 2 is 1.83 bits per heavy atom. The minimum atomic E-state index is 0.299. The van der Waals surface area contributed by atoms with Gasteiger partial charge in [0, 0.05) is 12.5 Å². The Balaban J connectivity index is 2.08. The number of ketones is 1. The van der Waals surface area contributed by atoms with Crippen molar-refractivity contribution in [2.75, 3.05) is 13.1 Å². The maximum Gasteiger partial charge on any atom is 0.129 e. The fraction of sp³-hybridized carbons (Fsp3) is 0.562. The minimum Gasteiger partial charge on any atom is -0.300 e. The summed E-state index contributed by atoms with van der Waals surface area (Å²) in [6.45, 7) is 4.05. The molecule has 1 saturated heterocycles. The molecule has 98 valence electrons. The molecular weight excluding hydrogens is 222 g/mol. The summed E-state index contributed by atoms with van der Waals surface area (Å²) in [5.41, 5.74) is 1.36. The second-order valence-corrected chi connectivity index (χ2v) is 5.26. The van der Waals surface area contributed by atoms with Crippen LogP contribution in [0.5, 0.6) is 0 Å². The number of hydrogen-bond acceptors (Lipinski definition) is 2. The van der Waals surface area contributed by atoms with Crippen LogP contribution in [-0.2, 0) is 4.79 Å². The number of hydrogen-bond donors (Lipinski definition) is 0. The van der Waals surface area contributed by atoms with Gasteiger partial charge in [0.15, 0.2) is 0 Å². The standard InChI is InChI=1S/C16H23NO/c1-14(18)10-11-16(15-8-4-2-5-9-15)17-12-6-3-7-13-17/h2,4-5,8-9,16H,3,6-7,10-13H2,1H3. The Bertz CT molecular complexity index is 368. The van der Waals surface area contributed by atoms with Crippen LogP contribution in [0.2, 0.25) is 0 Å². The van der Waals surface area contributed by atoms with Gasteiger partial charge in [0.25, 0.3) is 0 Å². The smallest absolute Gasteiger partial charge is 0.129 e. The fourth-order valence-corrected chi connectivity index (χ4v) is 2.81. The lowest BCUT2D eigenvalue weighted by Crippen LogP contribution is -2.34. The molecule has 0 radical (unpaired) electrons. The van der Waals surface area contributed by atoms with Gasteiger partial charge in [0.2, 0.25) is 0 Å². The lowest BCUT2D eigenvalue weighted by Gasteiger charge is -2.35. The first-order valence-corrected chi connectivity index (χ1v) is 7.06. The zero-order valence-electron chi connectivity index (χ0n) is 11.3. The average Bonchev–Trinajstić information content (AvgIpc) is 2.41. The molecule has 1 heterocycles. The number of piperidine rings is 1. The molecule has 1 aromatic carbocycles. The largest absolute Gasteiger partial charge is 0.300 e. The van der Waals surface area contributed by atoms with E-state index in [1.54, 1.807) is 6.92 Å². The van der Waals surface area contributed by atoms with Crippen molar-refractivity contribution in [1.29, 1.82) is 0 Å². The molecule has 2 nitrogen and oxygen atoms in total. The predicted molar refractivity (Wildman–Crippen MR) is 74.5 cm³/mol. The van der Waals surface area contributed by atoms with Crippen LogP contribution in [0.1, 0.15) is 50.6 Å². The van der Waals surface area contributed by atoms with Crippen LogP contribution in [0, 0.1) is 0 Å². The summed E-state index contributed by atoms with van der Waals surface area (Å²) < 4.78 is 0. The quantitative estimate of drug-likeness (QED) is 0.790. The summed E-state index contributed by atoms with van der Waals surface area (Å²) in [6.07, 6.45) is 5.59. The van der Waals surface area contributed by atoms with E-state index in [0.717, 1.165) is 6.42 Å². The van der Waals surface area contributed by atoms with Crippen LogP contribution in [0.3, 0.4) is 0 Å². The molecule has 0 aromatic heterocycles. The topological polar surface area (TPSA) is 20.3 Å². The van der Waals surface area contributed by atoms with Crippen LogP contribution in [0.4, 0.5) is 0 Å². The van der Waals surface area contributed by atoms with Gasteiger partial charge in [-0.3, -0.25) is 4.90 Å². The molecule has 0 amide bonds. The van der Waals surface area contributed by atoms with Gasteiger partial charge in [0.1, 0.15) is 5.78 Å². The molecule has 0 N–H and O–H groups in total. The zero-order chi connectivity index (χ0) is 12.8. The number of carbonyl (C=O) groups is 1. The molecule has 2 rings (SSSR count). The van der Waals surface area contributed by atoms with Gasteiger partial charge in [-0.2, -0.15) is 0 Å². The van der Waals surface area contributed by atoms with Crippen LogP contribution in [0.25, 0.3) is 0 Å². The number of benzene rings is 1. The third-order valence-corrected chi connectivity index (χ3v) is 3.79. The average molecular weight is 245 g/mol. The van der Waals surface area contributed by atoms with Crippen molar-refractivity contribution < 1.29 is 4.79 Å². The first-order valence-electron chi connectivity index (χ1n) is 7.06. The first-order chi connectivity index (χ1) is 8.77. The molecule has 0 saturated carbocycles. The van der Waals surface area contributed by atoms with E-state index in [1.165, 1.54) is 37.9 Å². The van der Waals surface area contributed by atoms with E-state index < -0.39 is 0 Å². The molecule has 0 spiro atoms. The SMILES string of the molecule is CC(=O)CCC(c1ccccc1)N1CCCCC1. The highest BCUT2D eigenvalue weighted by Gasteiger charge is 2.22. The van der Waals surface area contributed by atoms with Crippen molar-refractivity contribution in [3.8, 4) is 0 Å². The number of nitrogens with zero attached hydrogens (tertiary/aromatic N) is 1. The molecule has 0 bridgehead atoms. The normalized spacial score (nSPS) is 18.5. The van der Waals surface area contributed by atoms with E-state index in [0.29, 0.717) is 18.2 Å². The van der Waals surface area contributed by atoms with Crippen LogP contribution in [0.15, 0.2) is 30.3 Å². The van der Waals surface area contributed by atoms with E-state index in [2.05, 4.69) is 35.2 Å². The van der Waals surface area contributed by atoms with Gasteiger partial charge in [0.05, 0.1) is 0 Å². The van der Waals surface area contributed by atoms with Crippen molar-refractivity contribution in [3.05, 3.63) is 35.9 Å². The van der Waals surface area contributed by atoms with Crippen molar-refractivity contribution >= 4 is 5.78 Å². The molecule has 1 unspecified atom stereocenters. The summed E-state index contributed by atoms with van der Waals surface area (Å²) in [4.78, 5) is 13.8. The minimum absolute atomic E-state index is 0.299. The molecule has 18 heavy (non-hydrogen) atoms. The van der Waals surface area contributed by atoms with Crippen LogP contribution in [-0.4, -0.2) is 23.8 Å². The number of likely N-dealkylation sites (tertiary alicyclic amines) is 1. The van der Waals surface area contributed by atoms with Crippen molar-refractivity contribution in [2.24, 2.45) is 0 Å². The van der Waals surface area contributed by atoms with Crippen molar-refractivity contribution in [1.82, 2.24) is 4.90 Å². The van der Waals surface area contributed by atoms with Gasteiger partial charge >= 0.3 is 0 Å². The second kappa shape index (κ2) is 6.69. The van der Waals surface area contributed by atoms with Gasteiger partial charge in [-0.05, 0) is 44.8 Å². The van der Waals surface area contributed by atoms with Crippen molar-refractivity contribution in [2.45, 2.75) is 45.1 Å². The van der Waals surface area contributed by atoms with Crippen LogP contribution < -0.4 is 0 Å². The molecule has 1 fully saturated rings. The summed E-state index contributed by atoms with van der Waals surface area (Å²) in [5, 5.41) is 0. The Hall–Kier alpha value is -1.15. The molecule has 2 heteroatoms. The zero-order valence-corrected chi connectivity index (χ0v) is 11.3.